The molecule has 0 saturated carbocycles. The molecule has 0 amide bonds. The van der Waals surface area contributed by atoms with E-state index in [1.165, 1.54) is 6.20 Å². The summed E-state index contributed by atoms with van der Waals surface area (Å²) < 4.78 is 0. The van der Waals surface area contributed by atoms with Crippen LogP contribution in [0.15, 0.2) is 24.4 Å². The van der Waals surface area contributed by atoms with Crippen LogP contribution < -0.4 is 0 Å². The van der Waals surface area contributed by atoms with Gasteiger partial charge < -0.3 is 15.2 Å². The van der Waals surface area contributed by atoms with Gasteiger partial charge in [0.25, 0.3) is 0 Å². The summed E-state index contributed by atoms with van der Waals surface area (Å²) >= 11 is 0. The lowest BCUT2D eigenvalue weighted by Gasteiger charge is -1.95. The minimum Gasteiger partial charge on any atom is -0.396 e. The molecular weight excluding hydrogens is 184 g/mol. The van der Waals surface area contributed by atoms with Gasteiger partial charge >= 0.3 is 5.82 Å². The molecule has 0 fully saturated rings. The smallest absolute Gasteiger partial charge is 0.370 e. The van der Waals surface area contributed by atoms with Crippen molar-refractivity contribution in [1.29, 1.82) is 0 Å². The maximum atomic E-state index is 10.5. The summed E-state index contributed by atoms with van der Waals surface area (Å²) in [4.78, 5) is 13.6. The minimum absolute atomic E-state index is 0.0323. The normalized spacial score (nSPS) is 10.6. The fourth-order valence-corrected chi connectivity index (χ4v) is 0.977. The highest BCUT2D eigenvalue weighted by molar-refractivity contribution is 5.57. The third kappa shape index (κ3) is 2.63. The Hall–Kier alpha value is -1.75. The second kappa shape index (κ2) is 5.08. The summed E-state index contributed by atoms with van der Waals surface area (Å²) in [6.07, 6.45) is 5.11. The zero-order chi connectivity index (χ0) is 10.4. The fraction of sp³-hybridized carbons (Fsp3) is 0.222. The van der Waals surface area contributed by atoms with Crippen LogP contribution in [0.25, 0.3) is 6.08 Å². The molecule has 0 aromatic carbocycles. The van der Waals surface area contributed by atoms with Crippen molar-refractivity contribution in [2.75, 3.05) is 6.61 Å². The number of nitro groups is 1. The lowest BCUT2D eigenvalue weighted by Crippen LogP contribution is -1.94. The van der Waals surface area contributed by atoms with Crippen LogP contribution in [0.5, 0.6) is 0 Å². The number of aliphatic hydroxyl groups excluding tert-OH is 1. The topological polar surface area (TPSA) is 76.3 Å². The largest absolute Gasteiger partial charge is 0.396 e. The average molecular weight is 194 g/mol. The van der Waals surface area contributed by atoms with E-state index < -0.39 is 4.92 Å². The number of nitrogens with zero attached hydrogens (tertiary/aromatic N) is 2. The van der Waals surface area contributed by atoms with Gasteiger partial charge in [0.15, 0.2) is 0 Å². The summed E-state index contributed by atoms with van der Waals surface area (Å²) in [5.74, 6) is -0.165. The molecule has 0 radical (unpaired) electrons. The molecule has 0 atom stereocenters. The number of hydrogen-bond acceptors (Lipinski definition) is 4. The van der Waals surface area contributed by atoms with Gasteiger partial charge in [-0.1, -0.05) is 12.2 Å². The van der Waals surface area contributed by atoms with Gasteiger partial charge in [-0.05, 0) is 28.5 Å². The maximum absolute atomic E-state index is 10.5. The third-order valence-corrected chi connectivity index (χ3v) is 1.58. The summed E-state index contributed by atoms with van der Waals surface area (Å²) in [6, 6.07) is 3.24. The first-order valence-corrected chi connectivity index (χ1v) is 4.12. The zero-order valence-corrected chi connectivity index (χ0v) is 7.46. The third-order valence-electron chi connectivity index (χ3n) is 1.58. The Morgan fingerprint density at radius 1 is 1.64 bits per heavy atom. The number of hydrogen-bond donors (Lipinski definition) is 1. The van der Waals surface area contributed by atoms with Crippen LogP contribution in [0.1, 0.15) is 12.0 Å². The maximum Gasteiger partial charge on any atom is 0.370 e. The summed E-state index contributed by atoms with van der Waals surface area (Å²) in [7, 11) is 0. The van der Waals surface area contributed by atoms with Gasteiger partial charge in [0.2, 0.25) is 0 Å². The molecule has 0 unspecified atom stereocenters. The van der Waals surface area contributed by atoms with Crippen molar-refractivity contribution in [3.8, 4) is 0 Å². The number of aliphatic hydroxyl groups is 1. The molecule has 74 valence electrons. The van der Waals surface area contributed by atoms with Crippen LogP contribution in [0.2, 0.25) is 0 Å². The first-order chi connectivity index (χ1) is 6.75. The van der Waals surface area contributed by atoms with Crippen molar-refractivity contribution in [3.05, 3.63) is 40.1 Å². The average Bonchev–Trinajstić information content (AvgIpc) is 2.19. The molecule has 0 bridgehead atoms. The van der Waals surface area contributed by atoms with Gasteiger partial charge in [-0.15, -0.1) is 0 Å². The van der Waals surface area contributed by atoms with Crippen molar-refractivity contribution >= 4 is 11.9 Å². The van der Waals surface area contributed by atoms with Gasteiger partial charge in [-0.3, -0.25) is 0 Å². The first-order valence-electron chi connectivity index (χ1n) is 4.12. The first kappa shape index (κ1) is 10.3. The molecule has 5 nitrogen and oxygen atoms in total. The van der Waals surface area contributed by atoms with Gasteiger partial charge in [-0.25, -0.2) is 0 Å². The number of aromatic nitrogens is 1. The van der Waals surface area contributed by atoms with E-state index in [1.807, 2.05) is 0 Å². The molecule has 1 aromatic heterocycles. The minimum atomic E-state index is -0.529. The van der Waals surface area contributed by atoms with E-state index in [1.54, 1.807) is 24.3 Å². The number of pyridine rings is 1. The van der Waals surface area contributed by atoms with Crippen molar-refractivity contribution in [3.63, 3.8) is 0 Å². The monoisotopic (exact) mass is 194 g/mol. The van der Waals surface area contributed by atoms with E-state index >= 15 is 0 Å². The SMILES string of the molecule is O=[N+]([O-])c1ncccc1C=CCCO. The standard InChI is InChI=1S/C9H10N2O3/c12-7-2-1-4-8-5-3-6-10-9(8)11(13)14/h1,3-6,12H,2,7H2. The molecule has 0 spiro atoms. The zero-order valence-electron chi connectivity index (χ0n) is 7.46. The van der Waals surface area contributed by atoms with E-state index in [0.29, 0.717) is 12.0 Å². The van der Waals surface area contributed by atoms with Crippen LogP contribution in [0.4, 0.5) is 5.82 Å². The van der Waals surface area contributed by atoms with Crippen LogP contribution in [-0.4, -0.2) is 21.6 Å². The van der Waals surface area contributed by atoms with Crippen molar-refractivity contribution in [2.45, 2.75) is 6.42 Å². The van der Waals surface area contributed by atoms with Crippen molar-refractivity contribution in [2.24, 2.45) is 0 Å². The second-order valence-corrected chi connectivity index (χ2v) is 2.59. The Labute approximate surface area is 80.9 Å². The molecule has 1 rings (SSSR count). The van der Waals surface area contributed by atoms with Crippen LogP contribution in [-0.2, 0) is 0 Å². The highest BCUT2D eigenvalue weighted by Crippen LogP contribution is 2.15. The quantitative estimate of drug-likeness (QED) is 0.580. The Kier molecular flexibility index (Phi) is 3.75. The molecule has 14 heavy (non-hydrogen) atoms. The highest BCUT2D eigenvalue weighted by atomic mass is 16.6. The molecule has 0 aliphatic rings. The Morgan fingerprint density at radius 3 is 3.07 bits per heavy atom. The fourth-order valence-electron chi connectivity index (χ4n) is 0.977. The van der Waals surface area contributed by atoms with E-state index in [0.717, 1.165) is 0 Å². The van der Waals surface area contributed by atoms with E-state index in [9.17, 15) is 10.1 Å². The van der Waals surface area contributed by atoms with Gasteiger partial charge in [-0.2, -0.15) is 0 Å². The lowest BCUT2D eigenvalue weighted by molar-refractivity contribution is -0.389. The van der Waals surface area contributed by atoms with E-state index in [4.69, 9.17) is 5.11 Å². The predicted octanol–water partition coefficient (Wildman–Crippen LogP) is 1.39. The predicted molar refractivity (Wildman–Crippen MR) is 51.6 cm³/mol. The molecule has 1 N–H and O–H groups in total. The van der Waals surface area contributed by atoms with Crippen LogP contribution in [0, 0.1) is 10.1 Å². The molecule has 0 aliphatic carbocycles. The van der Waals surface area contributed by atoms with E-state index in [2.05, 4.69) is 4.98 Å². The Balaban J connectivity index is 2.90. The molecule has 5 heteroatoms. The molecule has 1 heterocycles. The molecule has 1 aromatic rings. The highest BCUT2D eigenvalue weighted by Gasteiger charge is 2.10. The molecule has 0 saturated heterocycles. The van der Waals surface area contributed by atoms with Crippen LogP contribution in [0.3, 0.4) is 0 Å². The molecular formula is C9H10N2O3. The second-order valence-electron chi connectivity index (χ2n) is 2.59. The Morgan fingerprint density at radius 2 is 2.43 bits per heavy atom. The van der Waals surface area contributed by atoms with Gasteiger partial charge in [0, 0.05) is 6.61 Å². The molecule has 0 aliphatic heterocycles. The summed E-state index contributed by atoms with van der Waals surface area (Å²) in [6.45, 7) is 0.0323. The van der Waals surface area contributed by atoms with E-state index in [-0.39, 0.29) is 12.4 Å². The van der Waals surface area contributed by atoms with Crippen molar-refractivity contribution < 1.29 is 10.0 Å². The Bertz CT molecular complexity index is 350. The number of rotatable bonds is 4. The summed E-state index contributed by atoms with van der Waals surface area (Å²) in [5, 5.41) is 19.0. The van der Waals surface area contributed by atoms with Crippen molar-refractivity contribution in [1.82, 2.24) is 4.98 Å². The van der Waals surface area contributed by atoms with Crippen LogP contribution >= 0.6 is 0 Å². The summed E-state index contributed by atoms with van der Waals surface area (Å²) in [5.41, 5.74) is 0.450. The van der Waals surface area contributed by atoms with Gasteiger partial charge in [0.1, 0.15) is 6.20 Å². The lowest BCUT2D eigenvalue weighted by atomic mass is 10.2. The van der Waals surface area contributed by atoms with Gasteiger partial charge in [0.05, 0.1) is 5.56 Å².